The molecule has 2 aromatic rings. The molecular formula is C13H19BrN4O. The first-order chi connectivity index (χ1) is 8.82. The standard InChI is InChI=1S/C13H19BrN4O/c1-7-12(9(3)17(4)15-7)11(19)6-10-13(14)8(2)16-18(10)5/h11,19H,6H2,1-5H3. The van der Waals surface area contributed by atoms with Crippen LogP contribution in [0.25, 0.3) is 0 Å². The highest BCUT2D eigenvalue weighted by atomic mass is 79.9. The van der Waals surface area contributed by atoms with Gasteiger partial charge < -0.3 is 5.11 Å². The minimum absolute atomic E-state index is 0.519. The van der Waals surface area contributed by atoms with Crippen molar-refractivity contribution >= 4 is 15.9 Å². The Labute approximate surface area is 121 Å². The number of aromatic nitrogens is 4. The van der Waals surface area contributed by atoms with Crippen molar-refractivity contribution in [3.05, 3.63) is 32.8 Å². The number of hydrogen-bond acceptors (Lipinski definition) is 3. The fourth-order valence-corrected chi connectivity index (χ4v) is 2.96. The molecule has 0 spiro atoms. The summed E-state index contributed by atoms with van der Waals surface area (Å²) in [5, 5.41) is 19.2. The smallest absolute Gasteiger partial charge is 0.0881 e. The summed E-state index contributed by atoms with van der Waals surface area (Å²) in [6.45, 7) is 5.84. The first kappa shape index (κ1) is 14.3. The third-order valence-electron chi connectivity index (χ3n) is 3.55. The number of aliphatic hydroxyl groups excluding tert-OH is 1. The van der Waals surface area contributed by atoms with E-state index >= 15 is 0 Å². The van der Waals surface area contributed by atoms with Crippen molar-refractivity contribution in [3.63, 3.8) is 0 Å². The van der Waals surface area contributed by atoms with E-state index in [2.05, 4.69) is 26.1 Å². The molecule has 6 heteroatoms. The molecule has 0 radical (unpaired) electrons. The van der Waals surface area contributed by atoms with Gasteiger partial charge in [0.05, 0.1) is 27.7 Å². The van der Waals surface area contributed by atoms with Crippen LogP contribution in [0.15, 0.2) is 4.47 Å². The lowest BCUT2D eigenvalue weighted by atomic mass is 10.0. The first-order valence-electron chi connectivity index (χ1n) is 6.19. The second kappa shape index (κ2) is 5.09. The zero-order valence-electron chi connectivity index (χ0n) is 11.9. The van der Waals surface area contributed by atoms with Crippen LogP contribution in [0.2, 0.25) is 0 Å². The molecule has 0 aliphatic carbocycles. The van der Waals surface area contributed by atoms with Gasteiger partial charge in [-0.05, 0) is 36.7 Å². The summed E-state index contributed by atoms with van der Waals surface area (Å²) in [6.07, 6.45) is -0.0505. The molecule has 0 aliphatic rings. The molecule has 0 aromatic carbocycles. The number of halogens is 1. The molecule has 0 saturated heterocycles. The number of hydrogen-bond donors (Lipinski definition) is 1. The van der Waals surface area contributed by atoms with Gasteiger partial charge in [-0.1, -0.05) is 0 Å². The van der Waals surface area contributed by atoms with Crippen molar-refractivity contribution in [3.8, 4) is 0 Å². The average Bonchev–Trinajstić information content (AvgIpc) is 2.70. The largest absolute Gasteiger partial charge is 0.388 e. The maximum atomic E-state index is 10.5. The van der Waals surface area contributed by atoms with Gasteiger partial charge in [-0.2, -0.15) is 10.2 Å². The van der Waals surface area contributed by atoms with Gasteiger partial charge in [-0.15, -0.1) is 0 Å². The molecule has 0 amide bonds. The van der Waals surface area contributed by atoms with E-state index in [4.69, 9.17) is 0 Å². The predicted octanol–water partition coefficient (Wildman–Crippen LogP) is 2.12. The third kappa shape index (κ3) is 2.47. The molecule has 1 atom stereocenters. The molecule has 1 N–H and O–H groups in total. The summed E-state index contributed by atoms with van der Waals surface area (Å²) < 4.78 is 4.58. The van der Waals surface area contributed by atoms with E-state index < -0.39 is 6.10 Å². The zero-order chi connectivity index (χ0) is 14.3. The van der Waals surface area contributed by atoms with Crippen LogP contribution in [0.5, 0.6) is 0 Å². The molecule has 2 rings (SSSR count). The van der Waals surface area contributed by atoms with Crippen molar-refractivity contribution in [1.29, 1.82) is 0 Å². The number of rotatable bonds is 3. The predicted molar refractivity (Wildman–Crippen MR) is 77.0 cm³/mol. The molecule has 1 unspecified atom stereocenters. The SMILES string of the molecule is Cc1nn(C)c(CC(O)c2c(C)nn(C)c2C)c1Br. The Bertz CT molecular complexity index is 615. The molecular weight excluding hydrogens is 308 g/mol. The Kier molecular flexibility index (Phi) is 3.82. The lowest BCUT2D eigenvalue weighted by molar-refractivity contribution is 0.174. The number of aryl methyl sites for hydroxylation is 4. The monoisotopic (exact) mass is 326 g/mol. The second-order valence-corrected chi connectivity index (χ2v) is 5.69. The highest BCUT2D eigenvalue weighted by Crippen LogP contribution is 2.28. The van der Waals surface area contributed by atoms with Crippen molar-refractivity contribution in [2.24, 2.45) is 14.1 Å². The minimum Gasteiger partial charge on any atom is -0.388 e. The summed E-state index contributed by atoms with van der Waals surface area (Å²) in [5.41, 5.74) is 4.72. The van der Waals surface area contributed by atoms with E-state index in [0.717, 1.165) is 32.8 Å². The normalized spacial score (nSPS) is 13.0. The maximum Gasteiger partial charge on any atom is 0.0881 e. The van der Waals surface area contributed by atoms with Crippen LogP contribution in [0.1, 0.15) is 34.4 Å². The fraction of sp³-hybridized carbons (Fsp3) is 0.538. The van der Waals surface area contributed by atoms with Gasteiger partial charge in [0.25, 0.3) is 0 Å². The molecule has 0 saturated carbocycles. The molecule has 19 heavy (non-hydrogen) atoms. The van der Waals surface area contributed by atoms with Crippen LogP contribution in [0.3, 0.4) is 0 Å². The van der Waals surface area contributed by atoms with Gasteiger partial charge in [-0.3, -0.25) is 9.36 Å². The van der Waals surface area contributed by atoms with Gasteiger partial charge in [0, 0.05) is 31.8 Å². The summed E-state index contributed by atoms with van der Waals surface area (Å²) in [7, 11) is 3.78. The summed E-state index contributed by atoms with van der Waals surface area (Å²) in [6, 6.07) is 0. The molecule has 2 heterocycles. The van der Waals surface area contributed by atoms with Gasteiger partial charge in [0.1, 0.15) is 0 Å². The third-order valence-corrected chi connectivity index (χ3v) is 4.58. The van der Waals surface area contributed by atoms with Crippen LogP contribution < -0.4 is 0 Å². The van der Waals surface area contributed by atoms with E-state index in [1.54, 1.807) is 4.68 Å². The van der Waals surface area contributed by atoms with Gasteiger partial charge in [0.2, 0.25) is 0 Å². The topological polar surface area (TPSA) is 55.9 Å². The fourth-order valence-electron chi connectivity index (χ4n) is 2.46. The molecule has 0 aliphatic heterocycles. The van der Waals surface area contributed by atoms with Crippen LogP contribution >= 0.6 is 15.9 Å². The van der Waals surface area contributed by atoms with Crippen molar-refractivity contribution in [1.82, 2.24) is 19.6 Å². The zero-order valence-corrected chi connectivity index (χ0v) is 13.5. The summed E-state index contributed by atoms with van der Waals surface area (Å²) in [4.78, 5) is 0. The lowest BCUT2D eigenvalue weighted by Gasteiger charge is -2.12. The van der Waals surface area contributed by atoms with E-state index in [-0.39, 0.29) is 0 Å². The lowest BCUT2D eigenvalue weighted by Crippen LogP contribution is -2.09. The van der Waals surface area contributed by atoms with Crippen molar-refractivity contribution in [2.75, 3.05) is 0 Å². The second-order valence-electron chi connectivity index (χ2n) is 4.90. The van der Waals surface area contributed by atoms with Gasteiger partial charge >= 0.3 is 0 Å². The highest BCUT2D eigenvalue weighted by molar-refractivity contribution is 9.10. The minimum atomic E-state index is -0.570. The molecule has 0 bridgehead atoms. The Morgan fingerprint density at radius 2 is 1.68 bits per heavy atom. The van der Waals surface area contributed by atoms with Crippen LogP contribution in [-0.4, -0.2) is 24.7 Å². The quantitative estimate of drug-likeness (QED) is 0.939. The Morgan fingerprint density at radius 1 is 1.11 bits per heavy atom. The van der Waals surface area contributed by atoms with Crippen LogP contribution in [0.4, 0.5) is 0 Å². The van der Waals surface area contributed by atoms with E-state index in [0.29, 0.717) is 6.42 Å². The molecule has 104 valence electrons. The van der Waals surface area contributed by atoms with Gasteiger partial charge in [0.15, 0.2) is 0 Å². The maximum absolute atomic E-state index is 10.5. The van der Waals surface area contributed by atoms with Crippen LogP contribution in [0, 0.1) is 20.8 Å². The van der Waals surface area contributed by atoms with E-state index in [1.807, 2.05) is 39.5 Å². The molecule has 0 fully saturated rings. The Balaban J connectivity index is 2.33. The highest BCUT2D eigenvalue weighted by Gasteiger charge is 2.21. The number of aliphatic hydroxyl groups is 1. The first-order valence-corrected chi connectivity index (χ1v) is 6.98. The van der Waals surface area contributed by atoms with Crippen LogP contribution in [-0.2, 0) is 20.5 Å². The van der Waals surface area contributed by atoms with Crippen molar-refractivity contribution < 1.29 is 5.11 Å². The summed E-state index contributed by atoms with van der Waals surface area (Å²) in [5.74, 6) is 0. The summed E-state index contributed by atoms with van der Waals surface area (Å²) >= 11 is 3.53. The molecule has 5 nitrogen and oxygen atoms in total. The van der Waals surface area contributed by atoms with Gasteiger partial charge in [-0.25, -0.2) is 0 Å². The Hall–Kier alpha value is -1.14. The van der Waals surface area contributed by atoms with E-state index in [1.165, 1.54) is 0 Å². The number of nitrogens with zero attached hydrogens (tertiary/aromatic N) is 4. The Morgan fingerprint density at radius 3 is 2.11 bits per heavy atom. The molecule has 2 aromatic heterocycles. The average molecular weight is 327 g/mol. The van der Waals surface area contributed by atoms with E-state index in [9.17, 15) is 5.11 Å². The van der Waals surface area contributed by atoms with Crippen molar-refractivity contribution in [2.45, 2.75) is 33.3 Å².